The van der Waals surface area contributed by atoms with Crippen LogP contribution >= 0.6 is 0 Å². The highest BCUT2D eigenvalue weighted by molar-refractivity contribution is 6.00. The van der Waals surface area contributed by atoms with Crippen LogP contribution in [-0.4, -0.2) is 133 Å². The summed E-state index contributed by atoms with van der Waals surface area (Å²) in [5.74, 6) is 0.0345. The minimum absolute atomic E-state index is 0.0500. The average Bonchev–Trinajstić information content (AvgIpc) is 3.91. The molecule has 3 amide bonds. The number of anilines is 1. The van der Waals surface area contributed by atoms with Crippen LogP contribution in [0.5, 0.6) is 0 Å². The average molecular weight is 960 g/mol. The van der Waals surface area contributed by atoms with Crippen LogP contribution in [0.25, 0.3) is 11.2 Å². The predicted molar refractivity (Wildman–Crippen MR) is 256 cm³/mol. The highest BCUT2D eigenvalue weighted by Crippen LogP contribution is 2.34. The van der Waals surface area contributed by atoms with Gasteiger partial charge >= 0.3 is 11.9 Å². The molecule has 0 aliphatic carbocycles. The number of aryl methyl sites for hydroxylation is 1. The van der Waals surface area contributed by atoms with Crippen LogP contribution in [0.3, 0.4) is 0 Å². The topological polar surface area (TPSA) is 154 Å². The number of amides is 3. The molecule has 16 nitrogen and oxygen atoms in total. The predicted octanol–water partition coefficient (Wildman–Crippen LogP) is 4.94. The Balaban J connectivity index is 0.772. The first kappa shape index (κ1) is 48.1. The second-order valence-electron chi connectivity index (χ2n) is 18.8. The molecule has 1 atom stereocenters. The molecule has 70 heavy (non-hydrogen) atoms. The van der Waals surface area contributed by atoms with Crippen molar-refractivity contribution < 1.29 is 32.3 Å². The van der Waals surface area contributed by atoms with Gasteiger partial charge in [-0.2, -0.15) is 13.2 Å². The molecule has 0 spiro atoms. The molecule has 3 saturated heterocycles. The Hall–Kier alpha value is -6.96. The van der Waals surface area contributed by atoms with Crippen molar-refractivity contribution in [1.82, 2.24) is 48.6 Å². The second-order valence-corrected chi connectivity index (χ2v) is 18.8. The lowest BCUT2D eigenvalue weighted by Crippen LogP contribution is -2.51. The molecule has 3 aromatic heterocycles. The first-order valence-electron chi connectivity index (χ1n) is 23.6. The number of rotatable bonds is 14. The number of piperidine rings is 2. The van der Waals surface area contributed by atoms with E-state index < -0.39 is 23.5 Å². The van der Waals surface area contributed by atoms with Crippen molar-refractivity contribution in [2.45, 2.75) is 70.0 Å². The number of imidazole rings is 1. The molecular formula is C51H56F3N11O5. The van der Waals surface area contributed by atoms with Gasteiger partial charge in [-0.05, 0) is 97.1 Å². The molecule has 0 saturated carbocycles. The summed E-state index contributed by atoms with van der Waals surface area (Å²) >= 11 is 0. The summed E-state index contributed by atoms with van der Waals surface area (Å²) < 4.78 is 47.8. The Morgan fingerprint density at radius 3 is 2.24 bits per heavy atom. The van der Waals surface area contributed by atoms with E-state index in [1.165, 1.54) is 17.0 Å². The normalized spacial score (nSPS) is 17.6. The molecule has 3 fully saturated rings. The Kier molecular flexibility index (Phi) is 13.9. The van der Waals surface area contributed by atoms with E-state index in [1.807, 2.05) is 67.5 Å². The van der Waals surface area contributed by atoms with E-state index in [0.717, 1.165) is 71.9 Å². The van der Waals surface area contributed by atoms with Crippen LogP contribution in [-0.2, 0) is 48.9 Å². The zero-order valence-electron chi connectivity index (χ0n) is 39.4. The Morgan fingerprint density at radius 2 is 1.56 bits per heavy atom. The number of aldehydes is 1. The molecule has 3 aliphatic rings. The summed E-state index contributed by atoms with van der Waals surface area (Å²) in [6.45, 7) is 5.65. The summed E-state index contributed by atoms with van der Waals surface area (Å²) in [5, 5.41) is 10.4. The van der Waals surface area contributed by atoms with Gasteiger partial charge in [0.2, 0.25) is 11.8 Å². The van der Waals surface area contributed by atoms with Crippen LogP contribution in [0.2, 0.25) is 0 Å². The maximum Gasteiger partial charge on any atom is 0.418 e. The van der Waals surface area contributed by atoms with Crippen LogP contribution in [0.15, 0.2) is 96.3 Å². The van der Waals surface area contributed by atoms with Crippen LogP contribution in [0.1, 0.15) is 80.0 Å². The SMILES string of the molecule is CN(Cc1cc(N2CCN(Cc3ccc(C(=O)N(C)C4CCN(Cc5cc(C(F)(F)F)c6cn(-c7cccc(Cc8nncn8C)c7)c(=O)n6c5)CC4)cc3)CC2)ccc1C=O)C1CCC(=O)NC1=O. The number of carbonyl (C=O) groups is 4. The third kappa shape index (κ3) is 10.5. The maximum absolute atomic E-state index is 14.6. The second kappa shape index (κ2) is 20.2. The van der Waals surface area contributed by atoms with Crippen molar-refractivity contribution in [3.63, 3.8) is 0 Å². The number of hydrogen-bond acceptors (Lipinski definition) is 11. The van der Waals surface area contributed by atoms with E-state index in [-0.39, 0.29) is 42.2 Å². The molecule has 1 N–H and O–H groups in total. The number of benzene rings is 3. The molecule has 6 aromatic rings. The van der Waals surface area contributed by atoms with Crippen molar-refractivity contribution in [1.29, 1.82) is 0 Å². The van der Waals surface area contributed by atoms with Gasteiger partial charge in [-0.3, -0.25) is 48.2 Å². The lowest BCUT2D eigenvalue weighted by molar-refractivity contribution is -0.138. The summed E-state index contributed by atoms with van der Waals surface area (Å²) in [7, 11) is 5.45. The van der Waals surface area contributed by atoms with E-state index in [9.17, 15) is 37.1 Å². The summed E-state index contributed by atoms with van der Waals surface area (Å²) in [5.41, 5.74) is 4.00. The Bertz CT molecular complexity index is 2970. The van der Waals surface area contributed by atoms with E-state index in [0.29, 0.717) is 73.5 Å². The fourth-order valence-electron chi connectivity index (χ4n) is 10.00. The molecule has 6 heterocycles. The van der Waals surface area contributed by atoms with Gasteiger partial charge in [0, 0.05) is 121 Å². The number of aromatic nitrogens is 5. The highest BCUT2D eigenvalue weighted by Gasteiger charge is 2.35. The number of imide groups is 1. The number of likely N-dealkylation sites (N-methyl/N-ethyl adjacent to an activating group) is 1. The van der Waals surface area contributed by atoms with Gasteiger partial charge in [-0.25, -0.2) is 4.79 Å². The van der Waals surface area contributed by atoms with Crippen molar-refractivity contribution in [3.05, 3.63) is 147 Å². The first-order chi connectivity index (χ1) is 33.6. The Labute approximate surface area is 402 Å². The minimum Gasteiger partial charge on any atom is -0.369 e. The molecular weight excluding hydrogens is 904 g/mol. The number of halogens is 3. The first-order valence-corrected chi connectivity index (χ1v) is 23.6. The largest absolute Gasteiger partial charge is 0.418 e. The zero-order valence-corrected chi connectivity index (χ0v) is 39.4. The smallest absolute Gasteiger partial charge is 0.369 e. The molecule has 3 aromatic carbocycles. The van der Waals surface area contributed by atoms with Gasteiger partial charge in [0.1, 0.15) is 18.4 Å². The molecule has 19 heteroatoms. The van der Waals surface area contributed by atoms with Crippen LogP contribution in [0, 0.1) is 0 Å². The minimum atomic E-state index is -4.70. The van der Waals surface area contributed by atoms with E-state index in [2.05, 4.69) is 30.2 Å². The van der Waals surface area contributed by atoms with Gasteiger partial charge in [0.25, 0.3) is 5.91 Å². The van der Waals surface area contributed by atoms with Gasteiger partial charge in [-0.15, -0.1) is 10.2 Å². The van der Waals surface area contributed by atoms with Crippen LogP contribution in [0.4, 0.5) is 18.9 Å². The number of nitrogens with zero attached hydrogens (tertiary/aromatic N) is 10. The number of likely N-dealkylation sites (tertiary alicyclic amines) is 1. The van der Waals surface area contributed by atoms with E-state index in [4.69, 9.17) is 0 Å². The number of carbonyl (C=O) groups excluding carboxylic acids is 4. The summed E-state index contributed by atoms with van der Waals surface area (Å²) in [6.07, 6.45) is 2.91. The third-order valence-electron chi connectivity index (χ3n) is 14.1. The Morgan fingerprint density at radius 1 is 0.829 bits per heavy atom. The van der Waals surface area contributed by atoms with Gasteiger partial charge in [0.05, 0.1) is 22.8 Å². The monoisotopic (exact) mass is 959 g/mol. The number of alkyl halides is 3. The summed E-state index contributed by atoms with van der Waals surface area (Å²) in [6, 6.07) is 21.2. The number of fused-ring (bicyclic) bond motifs is 1. The lowest BCUT2D eigenvalue weighted by atomic mass is 10.0. The third-order valence-corrected chi connectivity index (χ3v) is 14.1. The number of piperazine rings is 1. The molecule has 366 valence electrons. The van der Waals surface area contributed by atoms with Crippen molar-refractivity contribution in [3.8, 4) is 5.69 Å². The van der Waals surface area contributed by atoms with Crippen LogP contribution < -0.4 is 15.9 Å². The number of pyridine rings is 1. The fraction of sp³-hybridized carbons (Fsp3) is 0.392. The van der Waals surface area contributed by atoms with Gasteiger partial charge in [0.15, 0.2) is 0 Å². The van der Waals surface area contributed by atoms with Crippen molar-refractivity contribution >= 4 is 35.2 Å². The molecule has 1 unspecified atom stereocenters. The van der Waals surface area contributed by atoms with Gasteiger partial charge < -0.3 is 14.4 Å². The molecule has 0 bridgehead atoms. The molecule has 0 radical (unpaired) electrons. The zero-order chi connectivity index (χ0) is 49.3. The maximum atomic E-state index is 14.6. The highest BCUT2D eigenvalue weighted by atomic mass is 19.4. The number of nitrogens with one attached hydrogen (secondary N) is 1. The standard InChI is InChI=1S/C51H56F3N11O5/c1-58(44-13-14-47(67)56-48(44)68)30-39-26-41(12-11-38(39)32-66)63-21-19-62(20-22-63)27-34-7-9-37(10-8-34)49(69)60(3)40-15-17-61(18-16-40)28-36-24-43(51(52,53)54)45-31-64(50(70)65(45)29-36)42-6-4-5-35(23-42)25-46-57-55-33-59(46)2/h4-12,23-24,26,29,31-33,40,44H,13-22,25,27-28,30H2,1-3H3,(H,56,67,68). The van der Waals surface area contributed by atoms with Crippen molar-refractivity contribution in [2.24, 2.45) is 7.05 Å². The van der Waals surface area contributed by atoms with E-state index in [1.54, 1.807) is 41.0 Å². The fourth-order valence-corrected chi connectivity index (χ4v) is 10.00. The van der Waals surface area contributed by atoms with Crippen molar-refractivity contribution in [2.75, 3.05) is 58.3 Å². The summed E-state index contributed by atoms with van der Waals surface area (Å²) in [4.78, 5) is 73.9. The van der Waals surface area contributed by atoms with E-state index >= 15 is 0 Å². The lowest BCUT2D eigenvalue weighted by Gasteiger charge is -2.37. The quantitative estimate of drug-likeness (QED) is 0.117. The molecule has 3 aliphatic heterocycles. The molecule has 9 rings (SSSR count). The number of hydrogen-bond donors (Lipinski definition) is 1. The van der Waals surface area contributed by atoms with Gasteiger partial charge in [-0.1, -0.05) is 24.3 Å².